The van der Waals surface area contributed by atoms with Gasteiger partial charge in [-0.2, -0.15) is 5.10 Å². The van der Waals surface area contributed by atoms with Gasteiger partial charge in [0.2, 0.25) is 0 Å². The van der Waals surface area contributed by atoms with Gasteiger partial charge < -0.3 is 5.32 Å². The van der Waals surface area contributed by atoms with Gasteiger partial charge in [0.25, 0.3) is 0 Å². The molecule has 0 bridgehead atoms. The maximum Gasteiger partial charge on any atom is 0.0643 e. The molecule has 0 aliphatic heterocycles. The second-order valence-corrected chi connectivity index (χ2v) is 6.27. The maximum absolute atomic E-state index is 4.75. The standard InChI is InChI=1S/C17H24BrN3/c1-4-16(5-2)21-10-9-15(20-21)12-17(19-3)13-7-6-8-14(18)11-13/h6-11,16-17,19H,4-5,12H2,1-3H3. The minimum atomic E-state index is 0.285. The molecule has 1 atom stereocenters. The minimum Gasteiger partial charge on any atom is -0.313 e. The molecular formula is C17H24BrN3. The topological polar surface area (TPSA) is 29.9 Å². The third-order valence-electron chi connectivity index (χ3n) is 3.99. The van der Waals surface area contributed by atoms with E-state index in [4.69, 9.17) is 5.10 Å². The van der Waals surface area contributed by atoms with Crippen molar-refractivity contribution in [3.05, 3.63) is 52.3 Å². The summed E-state index contributed by atoms with van der Waals surface area (Å²) in [5.41, 5.74) is 2.42. The van der Waals surface area contributed by atoms with Crippen LogP contribution in [0.2, 0.25) is 0 Å². The highest BCUT2D eigenvalue weighted by molar-refractivity contribution is 9.10. The van der Waals surface area contributed by atoms with Crippen LogP contribution in [0, 0.1) is 0 Å². The Hall–Kier alpha value is -1.13. The molecule has 1 N–H and O–H groups in total. The average Bonchev–Trinajstić information content (AvgIpc) is 2.94. The van der Waals surface area contributed by atoms with Crippen LogP contribution in [-0.4, -0.2) is 16.8 Å². The minimum absolute atomic E-state index is 0.285. The van der Waals surface area contributed by atoms with Crippen LogP contribution in [0.25, 0.3) is 0 Å². The van der Waals surface area contributed by atoms with Crippen molar-refractivity contribution in [2.24, 2.45) is 0 Å². The molecule has 0 amide bonds. The third kappa shape index (κ3) is 4.17. The van der Waals surface area contributed by atoms with Crippen molar-refractivity contribution in [2.75, 3.05) is 7.05 Å². The van der Waals surface area contributed by atoms with Crippen molar-refractivity contribution < 1.29 is 0 Å². The fourth-order valence-electron chi connectivity index (χ4n) is 2.67. The van der Waals surface area contributed by atoms with E-state index in [0.717, 1.165) is 29.4 Å². The summed E-state index contributed by atoms with van der Waals surface area (Å²) >= 11 is 3.54. The molecule has 21 heavy (non-hydrogen) atoms. The molecule has 1 heterocycles. The normalized spacial score (nSPS) is 12.8. The monoisotopic (exact) mass is 349 g/mol. The van der Waals surface area contributed by atoms with Gasteiger partial charge >= 0.3 is 0 Å². The summed E-state index contributed by atoms with van der Waals surface area (Å²) in [7, 11) is 2.00. The fraction of sp³-hybridized carbons (Fsp3) is 0.471. The van der Waals surface area contributed by atoms with Crippen LogP contribution in [0.15, 0.2) is 41.0 Å². The van der Waals surface area contributed by atoms with Crippen molar-refractivity contribution in [1.29, 1.82) is 0 Å². The van der Waals surface area contributed by atoms with Crippen molar-refractivity contribution in [1.82, 2.24) is 15.1 Å². The molecule has 0 aliphatic carbocycles. The summed E-state index contributed by atoms with van der Waals surface area (Å²) in [6.07, 6.45) is 5.26. The SMILES string of the molecule is CCC(CC)n1ccc(CC(NC)c2cccc(Br)c2)n1. The van der Waals surface area contributed by atoms with E-state index in [1.807, 2.05) is 7.05 Å². The van der Waals surface area contributed by atoms with Gasteiger partial charge in [-0.05, 0) is 43.7 Å². The lowest BCUT2D eigenvalue weighted by atomic mass is 10.0. The molecule has 114 valence electrons. The Morgan fingerprint density at radius 1 is 1.24 bits per heavy atom. The lowest BCUT2D eigenvalue weighted by molar-refractivity contribution is 0.423. The number of nitrogens with one attached hydrogen (secondary N) is 1. The van der Waals surface area contributed by atoms with Crippen LogP contribution in [0.4, 0.5) is 0 Å². The molecule has 1 unspecified atom stereocenters. The quantitative estimate of drug-likeness (QED) is 0.796. The van der Waals surface area contributed by atoms with E-state index in [0.29, 0.717) is 6.04 Å². The molecule has 3 nitrogen and oxygen atoms in total. The summed E-state index contributed by atoms with van der Waals surface area (Å²) in [6, 6.07) is 11.4. The van der Waals surface area contributed by atoms with E-state index in [2.05, 4.69) is 76.3 Å². The van der Waals surface area contributed by atoms with E-state index in [1.165, 1.54) is 5.56 Å². The molecular weight excluding hydrogens is 326 g/mol. The first-order valence-corrected chi connectivity index (χ1v) is 8.44. The van der Waals surface area contributed by atoms with Gasteiger partial charge in [0.15, 0.2) is 0 Å². The van der Waals surface area contributed by atoms with Crippen molar-refractivity contribution in [2.45, 2.75) is 45.2 Å². The molecule has 0 fully saturated rings. The first-order chi connectivity index (χ1) is 10.2. The lowest BCUT2D eigenvalue weighted by Gasteiger charge is -2.16. The van der Waals surface area contributed by atoms with E-state index < -0.39 is 0 Å². The average molecular weight is 350 g/mol. The second-order valence-electron chi connectivity index (χ2n) is 5.36. The number of hydrogen-bond donors (Lipinski definition) is 1. The van der Waals surface area contributed by atoms with Gasteiger partial charge in [0.05, 0.1) is 11.7 Å². The van der Waals surface area contributed by atoms with Crippen LogP contribution in [0.3, 0.4) is 0 Å². The van der Waals surface area contributed by atoms with Crippen LogP contribution in [0.5, 0.6) is 0 Å². The Morgan fingerprint density at radius 2 is 2.00 bits per heavy atom. The molecule has 0 aliphatic rings. The van der Waals surface area contributed by atoms with Gasteiger partial charge in [-0.3, -0.25) is 4.68 Å². The number of nitrogens with zero attached hydrogens (tertiary/aromatic N) is 2. The number of rotatable bonds is 7. The number of likely N-dealkylation sites (N-methyl/N-ethyl adjacent to an activating group) is 1. The molecule has 0 spiro atoms. The Bertz CT molecular complexity index is 561. The summed E-state index contributed by atoms with van der Waals surface area (Å²) in [5.74, 6) is 0. The largest absolute Gasteiger partial charge is 0.313 e. The molecule has 4 heteroatoms. The smallest absolute Gasteiger partial charge is 0.0643 e. The van der Waals surface area contributed by atoms with Gasteiger partial charge in [-0.25, -0.2) is 0 Å². The summed E-state index contributed by atoms with van der Waals surface area (Å²) in [6.45, 7) is 4.43. The molecule has 2 rings (SSSR count). The number of hydrogen-bond acceptors (Lipinski definition) is 2. The highest BCUT2D eigenvalue weighted by atomic mass is 79.9. The fourth-order valence-corrected chi connectivity index (χ4v) is 3.09. The van der Waals surface area contributed by atoms with Crippen LogP contribution < -0.4 is 5.32 Å². The predicted octanol–water partition coefficient (Wildman–Crippen LogP) is 4.51. The van der Waals surface area contributed by atoms with E-state index in [9.17, 15) is 0 Å². The first kappa shape index (κ1) is 16.2. The second kappa shape index (κ2) is 7.76. The lowest BCUT2D eigenvalue weighted by Crippen LogP contribution is -2.19. The number of aromatic nitrogens is 2. The Morgan fingerprint density at radius 3 is 2.62 bits per heavy atom. The Labute approximate surface area is 135 Å². The van der Waals surface area contributed by atoms with Crippen molar-refractivity contribution in [3.8, 4) is 0 Å². The highest BCUT2D eigenvalue weighted by Crippen LogP contribution is 2.22. The van der Waals surface area contributed by atoms with Crippen LogP contribution in [-0.2, 0) is 6.42 Å². The van der Waals surface area contributed by atoms with E-state index in [-0.39, 0.29) is 6.04 Å². The van der Waals surface area contributed by atoms with Gasteiger partial charge in [0, 0.05) is 23.1 Å². The summed E-state index contributed by atoms with van der Waals surface area (Å²) < 4.78 is 3.23. The van der Waals surface area contributed by atoms with Gasteiger partial charge in [0.1, 0.15) is 0 Å². The zero-order valence-electron chi connectivity index (χ0n) is 13.0. The maximum atomic E-state index is 4.75. The predicted molar refractivity (Wildman–Crippen MR) is 91.5 cm³/mol. The number of benzene rings is 1. The van der Waals surface area contributed by atoms with Crippen molar-refractivity contribution in [3.63, 3.8) is 0 Å². The molecule has 0 saturated carbocycles. The number of halogens is 1. The molecule has 0 radical (unpaired) electrons. The third-order valence-corrected chi connectivity index (χ3v) is 4.49. The van der Waals surface area contributed by atoms with Crippen LogP contribution >= 0.6 is 15.9 Å². The Balaban J connectivity index is 2.12. The van der Waals surface area contributed by atoms with Gasteiger partial charge in [-0.1, -0.05) is 41.9 Å². The Kier molecular flexibility index (Phi) is 6.00. The summed E-state index contributed by atoms with van der Waals surface area (Å²) in [4.78, 5) is 0. The zero-order chi connectivity index (χ0) is 15.2. The van der Waals surface area contributed by atoms with E-state index in [1.54, 1.807) is 0 Å². The van der Waals surface area contributed by atoms with Crippen molar-refractivity contribution >= 4 is 15.9 Å². The molecule has 0 saturated heterocycles. The van der Waals surface area contributed by atoms with Gasteiger partial charge in [-0.15, -0.1) is 0 Å². The highest BCUT2D eigenvalue weighted by Gasteiger charge is 2.14. The summed E-state index contributed by atoms with van der Waals surface area (Å²) in [5, 5.41) is 8.14. The molecule has 1 aromatic heterocycles. The van der Waals surface area contributed by atoms with Crippen LogP contribution in [0.1, 0.15) is 50.0 Å². The molecule has 2 aromatic rings. The van der Waals surface area contributed by atoms with E-state index >= 15 is 0 Å². The first-order valence-electron chi connectivity index (χ1n) is 7.64. The zero-order valence-corrected chi connectivity index (χ0v) is 14.6. The molecule has 1 aromatic carbocycles.